The smallest absolute Gasteiger partial charge is 0.294 e. The van der Waals surface area contributed by atoms with Crippen molar-refractivity contribution in [2.45, 2.75) is 5.82 Å². The zero-order chi connectivity index (χ0) is 17.1. The molecule has 1 atom stereocenters. The highest BCUT2D eigenvalue weighted by molar-refractivity contribution is 6.59. The number of carbonyl (C=O) groups excluding carboxylic acids is 2. The second-order valence-corrected chi connectivity index (χ2v) is 5.47. The second kappa shape index (κ2) is 6.75. The van der Waals surface area contributed by atoms with E-state index in [1.807, 2.05) is 12.1 Å². The van der Waals surface area contributed by atoms with Gasteiger partial charge in [0.1, 0.15) is 5.82 Å². The molecule has 0 saturated carbocycles. The van der Waals surface area contributed by atoms with Gasteiger partial charge >= 0.3 is 7.27 Å². The Balaban J connectivity index is 1.98. The first-order valence-corrected chi connectivity index (χ1v) is 7.48. The topological polar surface area (TPSA) is 34.1 Å². The van der Waals surface area contributed by atoms with Crippen molar-refractivity contribution in [3.05, 3.63) is 83.9 Å². The molecule has 24 heavy (non-hydrogen) atoms. The SMILES string of the molecule is O=C(c1ccccc1)C(B(F)F)C(=O)c1ccc2ccccc2c1. The van der Waals surface area contributed by atoms with Crippen LogP contribution in [0.15, 0.2) is 72.8 Å². The number of hydrogen-bond donors (Lipinski definition) is 0. The molecule has 0 bridgehead atoms. The number of hydrogen-bond acceptors (Lipinski definition) is 2. The van der Waals surface area contributed by atoms with Gasteiger partial charge in [0, 0.05) is 11.1 Å². The van der Waals surface area contributed by atoms with Crippen molar-refractivity contribution in [3.8, 4) is 0 Å². The first kappa shape index (κ1) is 16.1. The Labute approximate surface area is 138 Å². The summed E-state index contributed by atoms with van der Waals surface area (Å²) in [6, 6.07) is 19.7. The summed E-state index contributed by atoms with van der Waals surface area (Å²) in [4.78, 5) is 24.9. The Kier molecular flexibility index (Phi) is 4.51. The molecule has 0 heterocycles. The monoisotopic (exact) mass is 322 g/mol. The van der Waals surface area contributed by atoms with Crippen molar-refractivity contribution >= 4 is 29.6 Å². The third kappa shape index (κ3) is 3.11. The average Bonchev–Trinajstić information content (AvgIpc) is 2.61. The zero-order valence-corrected chi connectivity index (χ0v) is 12.7. The maximum Gasteiger partial charge on any atom is 0.556 e. The third-order valence-corrected chi connectivity index (χ3v) is 3.91. The van der Waals surface area contributed by atoms with Crippen molar-refractivity contribution < 1.29 is 18.2 Å². The molecule has 1 unspecified atom stereocenters. The lowest BCUT2D eigenvalue weighted by Gasteiger charge is -2.12. The van der Waals surface area contributed by atoms with E-state index in [4.69, 9.17) is 0 Å². The van der Waals surface area contributed by atoms with Crippen LogP contribution in [-0.4, -0.2) is 18.8 Å². The molecule has 3 rings (SSSR count). The van der Waals surface area contributed by atoms with Gasteiger partial charge in [0.05, 0.1) is 0 Å². The number of halogens is 2. The first-order valence-electron chi connectivity index (χ1n) is 7.48. The maximum atomic E-state index is 13.4. The van der Waals surface area contributed by atoms with Crippen molar-refractivity contribution in [2.24, 2.45) is 0 Å². The number of rotatable bonds is 5. The molecule has 0 aliphatic heterocycles. The van der Waals surface area contributed by atoms with Gasteiger partial charge in [-0.05, 0) is 16.8 Å². The number of fused-ring (bicyclic) bond motifs is 1. The number of ketones is 2. The standard InChI is InChI=1S/C19H13BF2O2/c21-20(22)17(18(23)14-7-2-1-3-8-14)19(24)16-11-10-13-6-4-5-9-15(13)12-16/h1-12,17H. The quantitative estimate of drug-likeness (QED) is 0.387. The molecule has 0 saturated heterocycles. The van der Waals surface area contributed by atoms with Gasteiger partial charge in [-0.15, -0.1) is 0 Å². The largest absolute Gasteiger partial charge is 0.556 e. The summed E-state index contributed by atoms with van der Waals surface area (Å²) in [5.41, 5.74) is 0.222. The van der Waals surface area contributed by atoms with Gasteiger partial charge in [-0.25, -0.2) is 0 Å². The van der Waals surface area contributed by atoms with Crippen LogP contribution >= 0.6 is 0 Å². The van der Waals surface area contributed by atoms with Crippen LogP contribution in [0.4, 0.5) is 8.63 Å². The molecule has 5 heteroatoms. The fraction of sp³-hybridized carbons (Fsp3) is 0.0526. The number of carbonyl (C=O) groups is 2. The van der Waals surface area contributed by atoms with Crippen molar-refractivity contribution in [2.75, 3.05) is 0 Å². The lowest BCUT2D eigenvalue weighted by molar-refractivity contribution is 0.0885. The molecular formula is C19H13BF2O2. The summed E-state index contributed by atoms with van der Waals surface area (Å²) in [7, 11) is -3.06. The fourth-order valence-electron chi connectivity index (χ4n) is 2.65. The third-order valence-electron chi connectivity index (χ3n) is 3.91. The summed E-state index contributed by atoms with van der Waals surface area (Å²) < 4.78 is 26.9. The van der Waals surface area contributed by atoms with E-state index in [2.05, 4.69) is 0 Å². The van der Waals surface area contributed by atoms with E-state index in [0.717, 1.165) is 10.8 Å². The normalized spacial score (nSPS) is 11.9. The van der Waals surface area contributed by atoms with Gasteiger partial charge in [-0.2, -0.15) is 0 Å². The number of Topliss-reactive ketones (excluding diaryl/α,β-unsaturated/α-hetero) is 2. The van der Waals surface area contributed by atoms with Crippen LogP contribution in [0, 0.1) is 0 Å². The average molecular weight is 322 g/mol. The van der Waals surface area contributed by atoms with E-state index in [0.29, 0.717) is 0 Å². The summed E-state index contributed by atoms with van der Waals surface area (Å²) in [6.07, 6.45) is 0. The van der Waals surface area contributed by atoms with Gasteiger partial charge in [0.25, 0.3) is 0 Å². The molecular weight excluding hydrogens is 309 g/mol. The highest BCUT2D eigenvalue weighted by Gasteiger charge is 2.41. The van der Waals surface area contributed by atoms with Gasteiger partial charge in [0.15, 0.2) is 11.6 Å². The van der Waals surface area contributed by atoms with E-state index in [9.17, 15) is 18.2 Å². The number of benzene rings is 3. The summed E-state index contributed by atoms with van der Waals surface area (Å²) in [5, 5.41) is 1.67. The first-order chi connectivity index (χ1) is 11.6. The second-order valence-electron chi connectivity index (χ2n) is 5.47. The molecule has 0 aliphatic rings. The Hall–Kier alpha value is -2.82. The Bertz CT molecular complexity index is 894. The van der Waals surface area contributed by atoms with Gasteiger partial charge in [-0.1, -0.05) is 66.7 Å². The van der Waals surface area contributed by atoms with Crippen molar-refractivity contribution in [1.29, 1.82) is 0 Å². The minimum Gasteiger partial charge on any atom is -0.294 e. The molecule has 0 amide bonds. The molecule has 3 aromatic rings. The maximum absolute atomic E-state index is 13.4. The Morgan fingerprint density at radius 1 is 0.708 bits per heavy atom. The van der Waals surface area contributed by atoms with Gasteiger partial charge in [-0.3, -0.25) is 18.2 Å². The Morgan fingerprint density at radius 2 is 1.29 bits per heavy atom. The molecule has 118 valence electrons. The Morgan fingerprint density at radius 3 is 1.96 bits per heavy atom. The van der Waals surface area contributed by atoms with Crippen molar-refractivity contribution in [3.63, 3.8) is 0 Å². The predicted molar refractivity (Wildman–Crippen MR) is 90.8 cm³/mol. The predicted octanol–water partition coefficient (Wildman–Crippen LogP) is 4.70. The van der Waals surface area contributed by atoms with Crippen LogP contribution in [-0.2, 0) is 0 Å². The van der Waals surface area contributed by atoms with E-state index in [-0.39, 0.29) is 11.1 Å². The van der Waals surface area contributed by atoms with E-state index in [1.54, 1.807) is 42.5 Å². The summed E-state index contributed by atoms with van der Waals surface area (Å²) in [5.74, 6) is -3.71. The molecule has 0 N–H and O–H groups in total. The van der Waals surface area contributed by atoms with Crippen molar-refractivity contribution in [1.82, 2.24) is 0 Å². The molecule has 0 radical (unpaired) electrons. The molecule has 2 nitrogen and oxygen atoms in total. The van der Waals surface area contributed by atoms with Crippen LogP contribution < -0.4 is 0 Å². The van der Waals surface area contributed by atoms with Crippen LogP contribution in [0.5, 0.6) is 0 Å². The van der Waals surface area contributed by atoms with E-state index in [1.165, 1.54) is 18.2 Å². The molecule has 0 spiro atoms. The van der Waals surface area contributed by atoms with E-state index < -0.39 is 24.7 Å². The zero-order valence-electron chi connectivity index (χ0n) is 12.7. The summed E-state index contributed by atoms with van der Waals surface area (Å²) >= 11 is 0. The minimum absolute atomic E-state index is 0.108. The van der Waals surface area contributed by atoms with Gasteiger partial charge < -0.3 is 0 Å². The lowest BCUT2D eigenvalue weighted by atomic mass is 9.69. The van der Waals surface area contributed by atoms with Gasteiger partial charge in [0.2, 0.25) is 0 Å². The van der Waals surface area contributed by atoms with Crippen LogP contribution in [0.3, 0.4) is 0 Å². The molecule has 0 aliphatic carbocycles. The highest BCUT2D eigenvalue weighted by Crippen LogP contribution is 2.26. The fourth-order valence-corrected chi connectivity index (χ4v) is 2.65. The molecule has 0 aromatic heterocycles. The van der Waals surface area contributed by atoms with Crippen LogP contribution in [0.2, 0.25) is 5.82 Å². The molecule has 0 fully saturated rings. The molecule has 3 aromatic carbocycles. The summed E-state index contributed by atoms with van der Waals surface area (Å²) in [6.45, 7) is 0. The highest BCUT2D eigenvalue weighted by atomic mass is 19.2. The lowest BCUT2D eigenvalue weighted by Crippen LogP contribution is -2.28. The van der Waals surface area contributed by atoms with Crippen LogP contribution in [0.25, 0.3) is 10.8 Å². The van der Waals surface area contributed by atoms with Crippen LogP contribution in [0.1, 0.15) is 20.7 Å². The van der Waals surface area contributed by atoms with E-state index >= 15 is 0 Å². The minimum atomic E-state index is -3.06.